The van der Waals surface area contributed by atoms with Gasteiger partial charge < -0.3 is 23.8 Å². The lowest BCUT2D eigenvalue weighted by Crippen LogP contribution is -2.40. The highest BCUT2D eigenvalue weighted by Crippen LogP contribution is 2.33. The number of morpholine rings is 1. The van der Waals surface area contributed by atoms with Gasteiger partial charge in [-0.15, -0.1) is 0 Å². The maximum atomic E-state index is 13.1. The molecule has 0 saturated carbocycles. The largest absolute Gasteiger partial charge is 0.451 e. The predicted octanol–water partition coefficient (Wildman–Crippen LogP) is 4.56. The van der Waals surface area contributed by atoms with Crippen LogP contribution in [-0.2, 0) is 4.74 Å². The average Bonchev–Trinajstić information content (AvgIpc) is 3.35. The molecule has 1 aliphatic heterocycles. The maximum absolute atomic E-state index is 13.1. The number of benzene rings is 2. The minimum absolute atomic E-state index is 0.0885. The van der Waals surface area contributed by atoms with Gasteiger partial charge in [-0.1, -0.05) is 23.7 Å². The van der Waals surface area contributed by atoms with E-state index in [1.165, 1.54) is 0 Å². The molecule has 0 unspecified atom stereocenters. The summed E-state index contributed by atoms with van der Waals surface area (Å²) in [4.78, 5) is 27.7. The first-order valence-electron chi connectivity index (χ1n) is 9.49. The number of amides is 2. The van der Waals surface area contributed by atoms with E-state index in [1.54, 1.807) is 41.3 Å². The molecule has 1 fully saturated rings. The molecule has 1 aliphatic rings. The number of nitrogens with one attached hydrogen (secondary N) is 1. The van der Waals surface area contributed by atoms with E-state index >= 15 is 0 Å². The van der Waals surface area contributed by atoms with Gasteiger partial charge in [0.25, 0.3) is 11.8 Å². The highest BCUT2D eigenvalue weighted by molar-refractivity contribution is 6.31. The highest BCUT2D eigenvalue weighted by atomic mass is 35.5. The third kappa shape index (κ3) is 3.32. The van der Waals surface area contributed by atoms with Gasteiger partial charge in [0.05, 0.1) is 13.2 Å². The third-order valence-electron chi connectivity index (χ3n) is 5.03. The van der Waals surface area contributed by atoms with Crippen LogP contribution in [0.3, 0.4) is 0 Å². The number of halogens is 1. The predicted molar refractivity (Wildman–Crippen MR) is 112 cm³/mol. The molecular weight excluding hydrogens is 408 g/mol. The van der Waals surface area contributed by atoms with Crippen LogP contribution < -0.4 is 5.32 Å². The molecule has 1 saturated heterocycles. The van der Waals surface area contributed by atoms with E-state index in [2.05, 4.69) is 5.32 Å². The van der Waals surface area contributed by atoms with Crippen molar-refractivity contribution in [3.8, 4) is 0 Å². The number of hydrogen-bond acceptors (Lipinski definition) is 5. The van der Waals surface area contributed by atoms with Crippen molar-refractivity contribution < 1.29 is 23.2 Å². The molecule has 0 atom stereocenters. The van der Waals surface area contributed by atoms with Crippen molar-refractivity contribution in [2.45, 2.75) is 0 Å². The zero-order chi connectivity index (χ0) is 20.7. The number of furan rings is 2. The summed E-state index contributed by atoms with van der Waals surface area (Å²) in [7, 11) is 0. The first-order chi connectivity index (χ1) is 14.6. The second kappa shape index (κ2) is 7.51. The van der Waals surface area contributed by atoms with Crippen LogP contribution in [-0.4, -0.2) is 43.0 Å². The summed E-state index contributed by atoms with van der Waals surface area (Å²) in [5.41, 5.74) is 1.39. The number of hydrogen-bond donors (Lipinski definition) is 1. The average molecular weight is 425 g/mol. The quantitative estimate of drug-likeness (QED) is 0.521. The second-order valence-corrected chi connectivity index (χ2v) is 7.39. The van der Waals surface area contributed by atoms with Gasteiger partial charge in [-0.3, -0.25) is 9.59 Å². The molecule has 0 spiro atoms. The number of carbonyl (C=O) groups is 2. The lowest BCUT2D eigenvalue weighted by Gasteiger charge is -2.26. The molecule has 0 radical (unpaired) electrons. The fourth-order valence-electron chi connectivity index (χ4n) is 3.53. The van der Waals surface area contributed by atoms with Crippen LogP contribution in [0.2, 0.25) is 5.02 Å². The summed E-state index contributed by atoms with van der Waals surface area (Å²) < 4.78 is 16.8. The molecular formula is C22H17ClN2O5. The SMILES string of the molecule is O=C(Nc1c(C(=O)N2CCOCC2)oc2ccccc12)c1cc2cc(Cl)ccc2o1. The molecule has 0 aliphatic carbocycles. The third-order valence-corrected chi connectivity index (χ3v) is 5.26. The summed E-state index contributed by atoms with van der Waals surface area (Å²) in [5, 5.41) is 4.72. The van der Waals surface area contributed by atoms with Crippen molar-refractivity contribution in [1.82, 2.24) is 4.90 Å². The number of rotatable bonds is 3. The van der Waals surface area contributed by atoms with Gasteiger partial charge in [0, 0.05) is 28.9 Å². The Morgan fingerprint density at radius 2 is 1.77 bits per heavy atom. The maximum Gasteiger partial charge on any atom is 0.291 e. The summed E-state index contributed by atoms with van der Waals surface area (Å²) in [6, 6.07) is 13.9. The molecule has 2 amide bonds. The van der Waals surface area contributed by atoms with Gasteiger partial charge in [-0.2, -0.15) is 0 Å². The molecule has 2 aromatic heterocycles. The van der Waals surface area contributed by atoms with Crippen LogP contribution in [0.1, 0.15) is 21.1 Å². The Labute approximate surface area is 176 Å². The van der Waals surface area contributed by atoms with Gasteiger partial charge in [-0.05, 0) is 36.4 Å². The van der Waals surface area contributed by atoms with Crippen molar-refractivity contribution >= 4 is 51.0 Å². The Kier molecular flexibility index (Phi) is 4.69. The number of fused-ring (bicyclic) bond motifs is 2. The number of para-hydroxylation sites is 1. The molecule has 8 heteroatoms. The monoisotopic (exact) mass is 424 g/mol. The Hall–Kier alpha value is -3.29. The Bertz CT molecular complexity index is 1270. The number of ether oxygens (including phenoxy) is 1. The molecule has 1 N–H and O–H groups in total. The van der Waals surface area contributed by atoms with Crippen molar-refractivity contribution in [3.63, 3.8) is 0 Å². The van der Waals surface area contributed by atoms with Crippen LogP contribution in [0.15, 0.2) is 57.4 Å². The molecule has 5 rings (SSSR count). The highest BCUT2D eigenvalue weighted by Gasteiger charge is 2.28. The Morgan fingerprint density at radius 3 is 2.60 bits per heavy atom. The van der Waals surface area contributed by atoms with Crippen LogP contribution in [0.4, 0.5) is 5.69 Å². The van der Waals surface area contributed by atoms with Crippen LogP contribution in [0.25, 0.3) is 21.9 Å². The van der Waals surface area contributed by atoms with E-state index in [4.69, 9.17) is 25.2 Å². The van der Waals surface area contributed by atoms with E-state index in [0.29, 0.717) is 59.0 Å². The van der Waals surface area contributed by atoms with Crippen molar-refractivity contribution in [2.75, 3.05) is 31.6 Å². The number of nitrogens with zero attached hydrogens (tertiary/aromatic N) is 1. The standard InChI is InChI=1S/C22H17ClN2O5/c23-14-5-6-16-13(11-14)12-18(29-16)21(26)24-19-15-3-1-2-4-17(15)30-20(19)22(27)25-7-9-28-10-8-25/h1-6,11-12H,7-10H2,(H,24,26). The van der Waals surface area contributed by atoms with Gasteiger partial charge >= 0.3 is 0 Å². The minimum Gasteiger partial charge on any atom is -0.451 e. The lowest BCUT2D eigenvalue weighted by molar-refractivity contribution is 0.0285. The van der Waals surface area contributed by atoms with Crippen molar-refractivity contribution in [3.05, 3.63) is 65.1 Å². The summed E-state index contributed by atoms with van der Waals surface area (Å²) >= 11 is 6.01. The van der Waals surface area contributed by atoms with Crippen molar-refractivity contribution in [1.29, 1.82) is 0 Å². The van der Waals surface area contributed by atoms with E-state index < -0.39 is 5.91 Å². The van der Waals surface area contributed by atoms with Crippen LogP contribution >= 0.6 is 11.6 Å². The number of carbonyl (C=O) groups excluding carboxylic acids is 2. The lowest BCUT2D eigenvalue weighted by atomic mass is 10.2. The molecule has 3 heterocycles. The molecule has 152 valence electrons. The minimum atomic E-state index is -0.482. The van der Waals surface area contributed by atoms with Gasteiger partial charge in [-0.25, -0.2) is 0 Å². The number of anilines is 1. The normalized spacial score (nSPS) is 14.4. The van der Waals surface area contributed by atoms with Gasteiger partial charge in [0.1, 0.15) is 16.9 Å². The molecule has 0 bridgehead atoms. The fraction of sp³-hybridized carbons (Fsp3) is 0.182. The second-order valence-electron chi connectivity index (χ2n) is 6.95. The zero-order valence-electron chi connectivity index (χ0n) is 15.8. The summed E-state index contributed by atoms with van der Waals surface area (Å²) in [6.45, 7) is 1.87. The van der Waals surface area contributed by atoms with Gasteiger partial charge in [0.2, 0.25) is 5.76 Å². The van der Waals surface area contributed by atoms with Crippen molar-refractivity contribution in [2.24, 2.45) is 0 Å². The zero-order valence-corrected chi connectivity index (χ0v) is 16.6. The molecule has 7 nitrogen and oxygen atoms in total. The van der Waals surface area contributed by atoms with Crippen LogP contribution in [0, 0.1) is 0 Å². The smallest absolute Gasteiger partial charge is 0.291 e. The Balaban J connectivity index is 1.52. The first kappa shape index (κ1) is 18.7. The topological polar surface area (TPSA) is 84.9 Å². The first-order valence-corrected chi connectivity index (χ1v) is 9.87. The molecule has 4 aromatic rings. The van der Waals surface area contributed by atoms with Gasteiger partial charge in [0.15, 0.2) is 5.76 Å². The Morgan fingerprint density at radius 1 is 0.967 bits per heavy atom. The van der Waals surface area contributed by atoms with E-state index in [0.717, 1.165) is 0 Å². The van der Waals surface area contributed by atoms with E-state index in [-0.39, 0.29) is 17.4 Å². The van der Waals surface area contributed by atoms with E-state index in [1.807, 2.05) is 12.1 Å². The van der Waals surface area contributed by atoms with E-state index in [9.17, 15) is 9.59 Å². The molecule has 2 aromatic carbocycles. The fourth-order valence-corrected chi connectivity index (χ4v) is 3.71. The summed E-state index contributed by atoms with van der Waals surface area (Å²) in [5.74, 6) is -0.570. The van der Waals surface area contributed by atoms with Crippen LogP contribution in [0.5, 0.6) is 0 Å². The summed E-state index contributed by atoms with van der Waals surface area (Å²) in [6.07, 6.45) is 0. The molecule has 30 heavy (non-hydrogen) atoms.